The molecule has 1 fully saturated rings. The molecule has 3 unspecified atom stereocenters. The summed E-state index contributed by atoms with van der Waals surface area (Å²) >= 11 is 0. The molecule has 3 N–H and O–H groups in total. The third kappa shape index (κ3) is 3.79. The maximum absolute atomic E-state index is 12.1. The van der Waals surface area contributed by atoms with Gasteiger partial charge in [0.1, 0.15) is 6.54 Å². The fraction of sp³-hybridized carbons (Fsp3) is 0.786. The van der Waals surface area contributed by atoms with Gasteiger partial charge in [0.25, 0.3) is 0 Å². The first-order chi connectivity index (χ1) is 9.60. The summed E-state index contributed by atoms with van der Waals surface area (Å²) < 4.78 is 1.58. The van der Waals surface area contributed by atoms with Crippen molar-refractivity contribution in [3.05, 3.63) is 11.9 Å². The Bertz CT molecular complexity index is 445. The first-order valence-corrected chi connectivity index (χ1v) is 7.48. The molecule has 1 aliphatic carbocycles. The Kier molecular flexibility index (Phi) is 5.11. The lowest BCUT2D eigenvalue weighted by Crippen LogP contribution is -2.44. The van der Waals surface area contributed by atoms with Crippen LogP contribution in [0.4, 0.5) is 0 Å². The van der Waals surface area contributed by atoms with Crippen molar-refractivity contribution in [1.82, 2.24) is 20.3 Å². The number of nitrogens with two attached hydrogens (primary N) is 1. The van der Waals surface area contributed by atoms with Crippen LogP contribution in [0.15, 0.2) is 6.20 Å². The molecule has 0 radical (unpaired) electrons. The van der Waals surface area contributed by atoms with E-state index in [1.165, 1.54) is 12.8 Å². The van der Waals surface area contributed by atoms with Gasteiger partial charge in [-0.3, -0.25) is 4.79 Å². The number of rotatable bonds is 5. The Balaban J connectivity index is 1.85. The van der Waals surface area contributed by atoms with E-state index in [0.29, 0.717) is 30.8 Å². The summed E-state index contributed by atoms with van der Waals surface area (Å²) in [5, 5.41) is 11.1. The van der Waals surface area contributed by atoms with E-state index in [2.05, 4.69) is 29.5 Å². The molecule has 6 heteroatoms. The maximum atomic E-state index is 12.1. The Morgan fingerprint density at radius 1 is 1.50 bits per heavy atom. The predicted molar refractivity (Wildman–Crippen MR) is 76.9 cm³/mol. The highest BCUT2D eigenvalue weighted by molar-refractivity contribution is 5.76. The van der Waals surface area contributed by atoms with Crippen LogP contribution in [0.25, 0.3) is 0 Å². The van der Waals surface area contributed by atoms with Crippen molar-refractivity contribution in [1.29, 1.82) is 0 Å². The topological polar surface area (TPSA) is 85.8 Å². The van der Waals surface area contributed by atoms with Crippen molar-refractivity contribution in [2.75, 3.05) is 6.54 Å². The largest absolute Gasteiger partial charge is 0.351 e. The molecule has 1 amide bonds. The Morgan fingerprint density at radius 2 is 2.30 bits per heavy atom. The molecule has 6 nitrogen and oxygen atoms in total. The smallest absolute Gasteiger partial charge is 0.242 e. The zero-order chi connectivity index (χ0) is 14.5. The van der Waals surface area contributed by atoms with E-state index in [1.807, 2.05) is 0 Å². The highest BCUT2D eigenvalue weighted by Crippen LogP contribution is 2.29. The highest BCUT2D eigenvalue weighted by Gasteiger charge is 2.28. The van der Waals surface area contributed by atoms with Gasteiger partial charge in [-0.25, -0.2) is 4.68 Å². The van der Waals surface area contributed by atoms with Gasteiger partial charge in [-0.1, -0.05) is 31.9 Å². The van der Waals surface area contributed by atoms with Crippen LogP contribution in [-0.2, 0) is 17.8 Å². The van der Waals surface area contributed by atoms with Crippen LogP contribution < -0.4 is 11.1 Å². The average Bonchev–Trinajstić information content (AvgIpc) is 2.83. The number of amides is 1. The third-order valence-electron chi connectivity index (χ3n) is 4.35. The van der Waals surface area contributed by atoms with Crippen molar-refractivity contribution in [3.8, 4) is 0 Å². The fourth-order valence-corrected chi connectivity index (χ4v) is 2.86. The number of nitrogens with zero attached hydrogens (tertiary/aromatic N) is 3. The van der Waals surface area contributed by atoms with Crippen molar-refractivity contribution in [3.63, 3.8) is 0 Å². The van der Waals surface area contributed by atoms with Gasteiger partial charge < -0.3 is 11.1 Å². The maximum Gasteiger partial charge on any atom is 0.242 e. The van der Waals surface area contributed by atoms with Crippen LogP contribution in [-0.4, -0.2) is 33.5 Å². The lowest BCUT2D eigenvalue weighted by atomic mass is 9.78. The van der Waals surface area contributed by atoms with E-state index in [0.717, 1.165) is 12.1 Å². The molecule has 0 spiro atoms. The molecule has 3 atom stereocenters. The van der Waals surface area contributed by atoms with Gasteiger partial charge in [0.2, 0.25) is 5.91 Å². The molecule has 112 valence electrons. The van der Waals surface area contributed by atoms with Crippen LogP contribution in [0.5, 0.6) is 0 Å². The van der Waals surface area contributed by atoms with E-state index in [-0.39, 0.29) is 12.5 Å². The lowest BCUT2D eigenvalue weighted by molar-refractivity contribution is -0.123. The second-order valence-electron chi connectivity index (χ2n) is 5.89. The van der Waals surface area contributed by atoms with Gasteiger partial charge in [-0.2, -0.15) is 0 Å². The molecule has 0 saturated heterocycles. The first-order valence-electron chi connectivity index (χ1n) is 7.48. The number of aromatic nitrogens is 3. The van der Waals surface area contributed by atoms with Gasteiger partial charge in [-0.05, 0) is 24.8 Å². The van der Waals surface area contributed by atoms with Crippen LogP contribution in [0.2, 0.25) is 0 Å². The van der Waals surface area contributed by atoms with Crippen LogP contribution >= 0.6 is 0 Å². The van der Waals surface area contributed by atoms with Crippen molar-refractivity contribution in [2.24, 2.45) is 17.6 Å². The van der Waals surface area contributed by atoms with Crippen molar-refractivity contribution >= 4 is 5.91 Å². The summed E-state index contributed by atoms with van der Waals surface area (Å²) in [6.07, 6.45) is 6.02. The molecule has 1 heterocycles. The SMILES string of the molecule is CC1CCCC(NC(=O)Cn2cc(CCN)nn2)C1C. The molecule has 1 aliphatic rings. The second kappa shape index (κ2) is 6.83. The minimum atomic E-state index is 0.0140. The summed E-state index contributed by atoms with van der Waals surface area (Å²) in [5.41, 5.74) is 6.30. The third-order valence-corrected chi connectivity index (χ3v) is 4.35. The number of hydrogen-bond acceptors (Lipinski definition) is 4. The van der Waals surface area contributed by atoms with Crippen molar-refractivity contribution in [2.45, 2.75) is 52.1 Å². The van der Waals surface area contributed by atoms with E-state index in [1.54, 1.807) is 10.9 Å². The molecular weight excluding hydrogens is 254 g/mol. The van der Waals surface area contributed by atoms with E-state index in [4.69, 9.17) is 5.73 Å². The zero-order valence-corrected chi connectivity index (χ0v) is 12.4. The van der Waals surface area contributed by atoms with Gasteiger partial charge in [0.15, 0.2) is 0 Å². The van der Waals surface area contributed by atoms with E-state index >= 15 is 0 Å². The summed E-state index contributed by atoms with van der Waals surface area (Å²) in [6.45, 7) is 5.26. The Hall–Kier alpha value is -1.43. The quantitative estimate of drug-likeness (QED) is 0.831. The van der Waals surface area contributed by atoms with Crippen molar-refractivity contribution < 1.29 is 4.79 Å². The summed E-state index contributed by atoms with van der Waals surface area (Å²) in [6, 6.07) is 0.290. The zero-order valence-electron chi connectivity index (χ0n) is 12.4. The molecule has 1 aromatic heterocycles. The van der Waals surface area contributed by atoms with Crippen LogP contribution in [0.1, 0.15) is 38.8 Å². The minimum absolute atomic E-state index is 0.0140. The molecule has 1 saturated carbocycles. The summed E-state index contributed by atoms with van der Waals surface area (Å²) in [7, 11) is 0. The normalized spacial score (nSPS) is 26.4. The Labute approximate surface area is 120 Å². The lowest BCUT2D eigenvalue weighted by Gasteiger charge is -2.34. The Morgan fingerprint density at radius 3 is 3.05 bits per heavy atom. The van der Waals surface area contributed by atoms with E-state index in [9.17, 15) is 4.79 Å². The van der Waals surface area contributed by atoms with Crippen LogP contribution in [0.3, 0.4) is 0 Å². The number of carbonyl (C=O) groups excluding carboxylic acids is 1. The second-order valence-corrected chi connectivity index (χ2v) is 5.89. The number of carbonyl (C=O) groups is 1. The van der Waals surface area contributed by atoms with Gasteiger partial charge in [0.05, 0.1) is 5.69 Å². The molecular formula is C14H25N5O. The first kappa shape index (κ1) is 15.0. The standard InChI is InChI=1S/C14H25N5O/c1-10-4-3-5-13(11(10)2)16-14(20)9-19-8-12(6-7-15)17-18-19/h8,10-11,13H,3-7,9,15H2,1-2H3,(H,16,20). The summed E-state index contributed by atoms with van der Waals surface area (Å²) in [4.78, 5) is 12.1. The molecule has 0 aliphatic heterocycles. The monoisotopic (exact) mass is 279 g/mol. The molecule has 0 bridgehead atoms. The van der Waals surface area contributed by atoms with E-state index < -0.39 is 0 Å². The predicted octanol–water partition coefficient (Wildman–Crippen LogP) is 0.720. The highest BCUT2D eigenvalue weighted by atomic mass is 16.2. The average molecular weight is 279 g/mol. The number of hydrogen-bond donors (Lipinski definition) is 2. The number of nitrogens with one attached hydrogen (secondary N) is 1. The molecule has 20 heavy (non-hydrogen) atoms. The van der Waals surface area contributed by atoms with Gasteiger partial charge in [-0.15, -0.1) is 5.10 Å². The molecule has 0 aromatic carbocycles. The molecule has 2 rings (SSSR count). The van der Waals surface area contributed by atoms with Gasteiger partial charge >= 0.3 is 0 Å². The van der Waals surface area contributed by atoms with Crippen LogP contribution in [0, 0.1) is 11.8 Å². The van der Waals surface area contributed by atoms with Gasteiger partial charge in [0, 0.05) is 18.7 Å². The molecule has 1 aromatic rings. The fourth-order valence-electron chi connectivity index (χ4n) is 2.86. The minimum Gasteiger partial charge on any atom is -0.351 e. The summed E-state index contributed by atoms with van der Waals surface area (Å²) in [5.74, 6) is 1.23.